The molecule has 4 rings (SSSR count). The lowest BCUT2D eigenvalue weighted by Gasteiger charge is -2.42. The average Bonchev–Trinajstić information content (AvgIpc) is 2.86. The van der Waals surface area contributed by atoms with Crippen molar-refractivity contribution in [1.82, 2.24) is 14.4 Å². The van der Waals surface area contributed by atoms with Crippen LogP contribution in [-0.4, -0.2) is 46.6 Å². The van der Waals surface area contributed by atoms with E-state index >= 15 is 0 Å². The summed E-state index contributed by atoms with van der Waals surface area (Å²) in [5.74, 6) is 0. The lowest BCUT2D eigenvalue weighted by atomic mass is 9.96. The minimum Gasteiger partial charge on any atom is -0.322 e. The molecule has 2 aromatic rings. The van der Waals surface area contributed by atoms with Crippen molar-refractivity contribution in [2.24, 2.45) is 0 Å². The van der Waals surface area contributed by atoms with E-state index in [1.165, 1.54) is 16.6 Å². The third kappa shape index (κ3) is 1.62. The van der Waals surface area contributed by atoms with Gasteiger partial charge < -0.3 is 4.90 Å². The molecule has 1 aromatic carbocycles. The normalized spacial score (nSPS) is 21.9. The zero-order valence-electron chi connectivity index (χ0n) is 12.7. The molecule has 0 spiro atoms. The number of aromatic nitrogens is 1. The number of carbonyl (C=O) groups is 1. The first-order valence-corrected chi connectivity index (χ1v) is 7.91. The van der Waals surface area contributed by atoms with Gasteiger partial charge in [-0.1, -0.05) is 25.1 Å². The smallest absolute Gasteiger partial charge is 0.322 e. The van der Waals surface area contributed by atoms with Crippen molar-refractivity contribution in [3.63, 3.8) is 0 Å². The quantitative estimate of drug-likeness (QED) is 0.848. The Bertz CT molecular complexity index is 718. The molecule has 1 aromatic heterocycles. The lowest BCUT2D eigenvalue weighted by Crippen LogP contribution is -2.50. The van der Waals surface area contributed by atoms with Gasteiger partial charge in [0.25, 0.3) is 0 Å². The van der Waals surface area contributed by atoms with E-state index in [9.17, 15) is 4.79 Å². The first-order chi connectivity index (χ1) is 10.3. The average molecular weight is 283 g/mol. The van der Waals surface area contributed by atoms with E-state index in [-0.39, 0.29) is 6.03 Å². The second-order valence-corrected chi connectivity index (χ2v) is 5.93. The molecule has 0 N–H and O–H groups in total. The Morgan fingerprint density at radius 1 is 1.19 bits per heavy atom. The summed E-state index contributed by atoms with van der Waals surface area (Å²) in [6, 6.07) is 8.85. The third-order valence-corrected chi connectivity index (χ3v) is 5.07. The summed E-state index contributed by atoms with van der Waals surface area (Å²) in [4.78, 5) is 17.3. The van der Waals surface area contributed by atoms with Crippen LogP contribution in [-0.2, 0) is 6.42 Å². The largest absolute Gasteiger partial charge is 0.328 e. The van der Waals surface area contributed by atoms with Crippen molar-refractivity contribution in [2.45, 2.75) is 26.3 Å². The predicted molar refractivity (Wildman–Crippen MR) is 83.7 cm³/mol. The van der Waals surface area contributed by atoms with E-state index in [4.69, 9.17) is 0 Å². The Morgan fingerprint density at radius 3 is 2.76 bits per heavy atom. The van der Waals surface area contributed by atoms with Gasteiger partial charge >= 0.3 is 6.03 Å². The minimum absolute atomic E-state index is 0.143. The Hall–Kier alpha value is -1.81. The van der Waals surface area contributed by atoms with E-state index in [0.717, 1.165) is 38.1 Å². The number of benzene rings is 1. The predicted octanol–water partition coefficient (Wildman–Crippen LogP) is 2.86. The summed E-state index contributed by atoms with van der Waals surface area (Å²) in [5.41, 5.74) is 3.72. The molecular formula is C17H21N3O. The van der Waals surface area contributed by atoms with Crippen LogP contribution in [0.3, 0.4) is 0 Å². The van der Waals surface area contributed by atoms with Gasteiger partial charge in [0.05, 0.1) is 17.3 Å². The van der Waals surface area contributed by atoms with Crippen molar-refractivity contribution >= 4 is 16.9 Å². The molecule has 4 heteroatoms. The van der Waals surface area contributed by atoms with Crippen LogP contribution in [0, 0.1) is 0 Å². The molecule has 1 unspecified atom stereocenters. The van der Waals surface area contributed by atoms with Gasteiger partial charge in [0.1, 0.15) is 0 Å². The van der Waals surface area contributed by atoms with Gasteiger partial charge in [-0.05, 0) is 31.5 Å². The second-order valence-electron chi connectivity index (χ2n) is 5.93. The number of amides is 1. The number of nitrogens with zero attached hydrogens (tertiary/aromatic N) is 3. The lowest BCUT2D eigenvalue weighted by molar-refractivity contribution is 0.121. The van der Waals surface area contributed by atoms with Crippen molar-refractivity contribution < 1.29 is 4.79 Å². The summed E-state index contributed by atoms with van der Waals surface area (Å²) in [5, 5.41) is 1.26. The summed E-state index contributed by atoms with van der Waals surface area (Å²) >= 11 is 0. The van der Waals surface area contributed by atoms with Gasteiger partial charge in [-0.3, -0.25) is 9.47 Å². The van der Waals surface area contributed by atoms with Crippen molar-refractivity contribution in [1.29, 1.82) is 0 Å². The highest BCUT2D eigenvalue weighted by molar-refractivity contribution is 5.96. The standard InChI is InChI=1S/C17H21N3O/c1-3-18-10-9-13-12-7-5-6-8-14(12)20-16(13)15(18)11-19(4-2)17(20)21/h5-8,15H,3-4,9-11H2,1-2H3. The van der Waals surface area contributed by atoms with Crippen LogP contribution < -0.4 is 0 Å². The van der Waals surface area contributed by atoms with Gasteiger partial charge in [-0.2, -0.15) is 0 Å². The fraction of sp³-hybridized carbons (Fsp3) is 0.471. The van der Waals surface area contributed by atoms with Crippen LogP contribution in [0.4, 0.5) is 4.79 Å². The highest BCUT2D eigenvalue weighted by Crippen LogP contribution is 2.40. The number of hydrogen-bond donors (Lipinski definition) is 0. The molecule has 0 saturated heterocycles. The van der Waals surface area contributed by atoms with Gasteiger partial charge in [0, 0.05) is 25.0 Å². The summed E-state index contributed by atoms with van der Waals surface area (Å²) in [6.45, 7) is 8.01. The fourth-order valence-corrected chi connectivity index (χ4v) is 4.00. The van der Waals surface area contributed by atoms with Crippen LogP contribution in [0.5, 0.6) is 0 Å². The molecule has 2 aliphatic heterocycles. The molecule has 0 radical (unpaired) electrons. The number of likely N-dealkylation sites (N-methyl/N-ethyl adjacent to an activating group) is 2. The van der Waals surface area contributed by atoms with E-state index in [2.05, 4.69) is 36.9 Å². The molecule has 110 valence electrons. The molecular weight excluding hydrogens is 262 g/mol. The van der Waals surface area contributed by atoms with E-state index in [0.29, 0.717) is 6.04 Å². The Morgan fingerprint density at radius 2 is 2.00 bits per heavy atom. The molecule has 1 amide bonds. The van der Waals surface area contributed by atoms with Crippen molar-refractivity contribution in [2.75, 3.05) is 26.2 Å². The van der Waals surface area contributed by atoms with Crippen molar-refractivity contribution in [3.05, 3.63) is 35.5 Å². The summed E-state index contributed by atoms with van der Waals surface area (Å²) in [7, 11) is 0. The Kier molecular flexibility index (Phi) is 2.82. The maximum absolute atomic E-state index is 12.8. The molecule has 0 saturated carbocycles. The number of hydrogen-bond acceptors (Lipinski definition) is 2. The molecule has 0 bridgehead atoms. The maximum Gasteiger partial charge on any atom is 0.328 e. The van der Waals surface area contributed by atoms with Gasteiger partial charge in [-0.25, -0.2) is 4.79 Å². The second kappa shape index (κ2) is 4.60. The molecule has 1 atom stereocenters. The summed E-state index contributed by atoms with van der Waals surface area (Å²) in [6.07, 6.45) is 1.05. The Labute approximate surface area is 124 Å². The molecule has 0 fully saturated rings. The van der Waals surface area contributed by atoms with E-state index < -0.39 is 0 Å². The third-order valence-electron chi connectivity index (χ3n) is 5.07. The zero-order valence-corrected chi connectivity index (χ0v) is 12.7. The van der Waals surface area contributed by atoms with Gasteiger partial charge in [-0.15, -0.1) is 0 Å². The molecule has 0 aliphatic carbocycles. The van der Waals surface area contributed by atoms with Crippen LogP contribution >= 0.6 is 0 Å². The highest BCUT2D eigenvalue weighted by Gasteiger charge is 2.39. The maximum atomic E-state index is 12.8. The molecule has 3 heterocycles. The topological polar surface area (TPSA) is 28.5 Å². The summed E-state index contributed by atoms with van der Waals surface area (Å²) < 4.78 is 1.98. The van der Waals surface area contributed by atoms with Crippen LogP contribution in [0.15, 0.2) is 24.3 Å². The minimum atomic E-state index is 0.143. The first kappa shape index (κ1) is 12.9. The Balaban J connectivity index is 2.03. The zero-order chi connectivity index (χ0) is 14.6. The van der Waals surface area contributed by atoms with Gasteiger partial charge in [0.2, 0.25) is 0 Å². The fourth-order valence-electron chi connectivity index (χ4n) is 4.00. The molecule has 2 aliphatic rings. The van der Waals surface area contributed by atoms with E-state index in [1.54, 1.807) is 0 Å². The number of fused-ring (bicyclic) bond motifs is 3. The molecule has 4 nitrogen and oxygen atoms in total. The number of carbonyl (C=O) groups excluding carboxylic acids is 1. The van der Waals surface area contributed by atoms with Crippen molar-refractivity contribution in [3.8, 4) is 0 Å². The van der Waals surface area contributed by atoms with Crippen LogP contribution in [0.1, 0.15) is 31.1 Å². The number of para-hydroxylation sites is 1. The van der Waals surface area contributed by atoms with Crippen LogP contribution in [0.25, 0.3) is 10.9 Å². The van der Waals surface area contributed by atoms with Crippen LogP contribution in [0.2, 0.25) is 0 Å². The van der Waals surface area contributed by atoms with E-state index in [1.807, 2.05) is 15.5 Å². The monoisotopic (exact) mass is 283 g/mol. The SMILES string of the molecule is CCN1CC2c3c(c4ccccc4n3C1=O)CCN2CC. The highest BCUT2D eigenvalue weighted by atomic mass is 16.2. The first-order valence-electron chi connectivity index (χ1n) is 7.91. The van der Waals surface area contributed by atoms with Gasteiger partial charge in [0.15, 0.2) is 0 Å². The number of rotatable bonds is 2. The molecule has 21 heavy (non-hydrogen) atoms.